The zero-order valence-electron chi connectivity index (χ0n) is 17.8. The van der Waals surface area contributed by atoms with E-state index in [0.29, 0.717) is 19.4 Å². The van der Waals surface area contributed by atoms with E-state index in [2.05, 4.69) is 16.0 Å². The molecule has 1 atom stereocenters. The summed E-state index contributed by atoms with van der Waals surface area (Å²) in [6.45, 7) is 4.15. The Labute approximate surface area is 173 Å². The molecular formula is C22H37N3O4. The number of rotatable bonds is 10. The van der Waals surface area contributed by atoms with Gasteiger partial charge in [0, 0.05) is 18.5 Å². The van der Waals surface area contributed by atoms with Crippen LogP contribution in [0.5, 0.6) is 0 Å². The molecule has 0 saturated heterocycles. The Bertz CT molecular complexity index is 584. The second-order valence-corrected chi connectivity index (χ2v) is 10.0. The fraction of sp³-hybridized carbons (Fsp3) is 0.864. The van der Waals surface area contributed by atoms with Gasteiger partial charge in [-0.1, -0.05) is 20.3 Å². The van der Waals surface area contributed by atoms with Gasteiger partial charge >= 0.3 is 12.0 Å². The lowest BCUT2D eigenvalue weighted by atomic mass is 9.53. The molecule has 0 spiro atoms. The van der Waals surface area contributed by atoms with Crippen molar-refractivity contribution in [1.82, 2.24) is 16.0 Å². The van der Waals surface area contributed by atoms with Crippen LogP contribution in [0.25, 0.3) is 0 Å². The zero-order valence-corrected chi connectivity index (χ0v) is 17.8. The highest BCUT2D eigenvalue weighted by molar-refractivity contribution is 5.83. The minimum absolute atomic E-state index is 0.0357. The van der Waals surface area contributed by atoms with Gasteiger partial charge in [-0.2, -0.15) is 0 Å². The Hall–Kier alpha value is -1.79. The van der Waals surface area contributed by atoms with E-state index in [1.54, 1.807) is 13.8 Å². The van der Waals surface area contributed by atoms with E-state index in [0.717, 1.165) is 49.9 Å². The predicted octanol–water partition coefficient (Wildman–Crippen LogP) is 3.04. The smallest absolute Gasteiger partial charge is 0.326 e. The minimum atomic E-state index is -0.998. The van der Waals surface area contributed by atoms with Crippen LogP contribution in [0.3, 0.4) is 0 Å². The monoisotopic (exact) mass is 407 g/mol. The molecule has 4 aliphatic carbocycles. The molecule has 7 heteroatoms. The van der Waals surface area contributed by atoms with Gasteiger partial charge in [0.1, 0.15) is 6.04 Å². The SMILES string of the molecule is CC(C)[C@H](NC(=O)CCCCCNC(=O)NC12CC3CC(CC(C3)C1)C2)C(=O)O. The van der Waals surface area contributed by atoms with Crippen molar-refractivity contribution in [1.29, 1.82) is 0 Å². The average molecular weight is 408 g/mol. The average Bonchev–Trinajstić information content (AvgIpc) is 2.60. The molecule has 0 heterocycles. The van der Waals surface area contributed by atoms with E-state index in [-0.39, 0.29) is 23.4 Å². The molecule has 0 unspecified atom stereocenters. The molecule has 0 aromatic carbocycles. The molecule has 164 valence electrons. The summed E-state index contributed by atoms with van der Waals surface area (Å²) in [7, 11) is 0. The number of urea groups is 1. The van der Waals surface area contributed by atoms with E-state index >= 15 is 0 Å². The fourth-order valence-corrected chi connectivity index (χ4v) is 6.10. The van der Waals surface area contributed by atoms with Crippen LogP contribution in [0.15, 0.2) is 0 Å². The molecule has 4 bridgehead atoms. The van der Waals surface area contributed by atoms with E-state index < -0.39 is 12.0 Å². The molecule has 4 rings (SSSR count). The van der Waals surface area contributed by atoms with Gasteiger partial charge in [0.05, 0.1) is 0 Å². The third-order valence-electron chi connectivity index (χ3n) is 7.03. The molecule has 29 heavy (non-hydrogen) atoms. The first-order valence-corrected chi connectivity index (χ1v) is 11.3. The molecule has 0 aromatic rings. The molecule has 0 aliphatic heterocycles. The molecule has 7 nitrogen and oxygen atoms in total. The lowest BCUT2D eigenvalue weighted by Crippen LogP contribution is -2.61. The van der Waals surface area contributed by atoms with Crippen LogP contribution in [0.1, 0.15) is 78.1 Å². The maximum absolute atomic E-state index is 12.4. The quantitative estimate of drug-likeness (QED) is 0.418. The van der Waals surface area contributed by atoms with Gasteiger partial charge in [-0.3, -0.25) is 4.79 Å². The summed E-state index contributed by atoms with van der Waals surface area (Å²) >= 11 is 0. The second-order valence-electron chi connectivity index (χ2n) is 10.0. The number of unbranched alkanes of at least 4 members (excludes halogenated alkanes) is 2. The lowest BCUT2D eigenvalue weighted by molar-refractivity contribution is -0.143. The Morgan fingerprint density at radius 3 is 2.07 bits per heavy atom. The fourth-order valence-electron chi connectivity index (χ4n) is 6.10. The molecule has 4 N–H and O–H groups in total. The summed E-state index contributed by atoms with van der Waals surface area (Å²) in [5.74, 6) is 1.06. The molecule has 4 fully saturated rings. The molecule has 3 amide bonds. The Balaban J connectivity index is 1.27. The van der Waals surface area contributed by atoms with Crippen molar-refractivity contribution < 1.29 is 19.5 Å². The number of carbonyl (C=O) groups is 3. The molecule has 4 saturated carbocycles. The van der Waals surface area contributed by atoms with Crippen molar-refractivity contribution in [2.24, 2.45) is 23.7 Å². The third-order valence-corrected chi connectivity index (χ3v) is 7.03. The Kier molecular flexibility index (Phi) is 7.06. The molecule has 4 aliphatic rings. The van der Waals surface area contributed by atoms with Crippen LogP contribution in [0.2, 0.25) is 0 Å². The number of carboxylic acid groups (broad SMARTS) is 1. The molecular weight excluding hydrogens is 370 g/mol. The van der Waals surface area contributed by atoms with Gasteiger partial charge in [0.2, 0.25) is 5.91 Å². The Morgan fingerprint density at radius 2 is 1.55 bits per heavy atom. The number of amides is 3. The number of hydrogen-bond donors (Lipinski definition) is 4. The van der Waals surface area contributed by atoms with Crippen molar-refractivity contribution in [3.8, 4) is 0 Å². The summed E-state index contributed by atoms with van der Waals surface area (Å²) in [6, 6.07) is -0.886. The first-order chi connectivity index (χ1) is 13.8. The third kappa shape index (κ3) is 5.86. The van der Waals surface area contributed by atoms with Gasteiger partial charge in [0.25, 0.3) is 0 Å². The number of carbonyl (C=O) groups excluding carboxylic acids is 2. The number of aliphatic carboxylic acids is 1. The maximum atomic E-state index is 12.4. The van der Waals surface area contributed by atoms with Crippen molar-refractivity contribution in [3.63, 3.8) is 0 Å². The first-order valence-electron chi connectivity index (χ1n) is 11.3. The van der Waals surface area contributed by atoms with Gasteiger partial charge < -0.3 is 21.1 Å². The minimum Gasteiger partial charge on any atom is -0.480 e. The standard InChI is InChI=1S/C22H37N3O4/c1-14(2)19(20(27)28)24-18(26)6-4-3-5-7-23-21(29)25-22-11-15-8-16(12-22)10-17(9-15)13-22/h14-17,19H,3-13H2,1-2H3,(H,24,26)(H,27,28)(H2,23,25,29)/t15?,16?,17?,19-,22?/m0/s1. The van der Waals surface area contributed by atoms with Gasteiger partial charge in [-0.15, -0.1) is 0 Å². The normalized spacial score (nSPS) is 30.8. The zero-order chi connectivity index (χ0) is 21.0. The van der Waals surface area contributed by atoms with E-state index in [9.17, 15) is 14.4 Å². The van der Waals surface area contributed by atoms with E-state index in [1.807, 2.05) is 0 Å². The lowest BCUT2D eigenvalue weighted by Gasteiger charge is -2.56. The number of nitrogens with one attached hydrogen (secondary N) is 3. The van der Waals surface area contributed by atoms with Gasteiger partial charge in [-0.25, -0.2) is 9.59 Å². The van der Waals surface area contributed by atoms with Gasteiger partial charge in [-0.05, 0) is 75.0 Å². The summed E-state index contributed by atoms with van der Waals surface area (Å²) in [6.07, 6.45) is 10.2. The van der Waals surface area contributed by atoms with Crippen molar-refractivity contribution in [2.45, 2.75) is 89.6 Å². The summed E-state index contributed by atoms with van der Waals surface area (Å²) in [5.41, 5.74) is 0.0357. The largest absolute Gasteiger partial charge is 0.480 e. The van der Waals surface area contributed by atoms with Crippen LogP contribution in [-0.2, 0) is 9.59 Å². The highest BCUT2D eigenvalue weighted by Gasteiger charge is 2.51. The Morgan fingerprint density at radius 1 is 0.966 bits per heavy atom. The summed E-state index contributed by atoms with van der Waals surface area (Å²) in [5, 5.41) is 18.0. The number of carboxylic acids is 1. The summed E-state index contributed by atoms with van der Waals surface area (Å²) < 4.78 is 0. The topological polar surface area (TPSA) is 108 Å². The summed E-state index contributed by atoms with van der Waals surface area (Å²) in [4.78, 5) is 35.4. The number of hydrogen-bond acceptors (Lipinski definition) is 3. The van der Waals surface area contributed by atoms with Crippen LogP contribution >= 0.6 is 0 Å². The van der Waals surface area contributed by atoms with Crippen LogP contribution in [0.4, 0.5) is 4.79 Å². The van der Waals surface area contributed by atoms with Crippen molar-refractivity contribution >= 4 is 17.9 Å². The highest BCUT2D eigenvalue weighted by Crippen LogP contribution is 2.55. The first kappa shape index (κ1) is 21.9. The van der Waals surface area contributed by atoms with Gasteiger partial charge in [0.15, 0.2) is 0 Å². The molecule has 0 aromatic heterocycles. The van der Waals surface area contributed by atoms with Crippen molar-refractivity contribution in [3.05, 3.63) is 0 Å². The van der Waals surface area contributed by atoms with Crippen LogP contribution in [-0.4, -0.2) is 41.1 Å². The predicted molar refractivity (Wildman–Crippen MR) is 110 cm³/mol. The van der Waals surface area contributed by atoms with Crippen LogP contribution in [0, 0.1) is 23.7 Å². The maximum Gasteiger partial charge on any atom is 0.326 e. The molecule has 0 radical (unpaired) electrons. The second kappa shape index (κ2) is 9.35. The van der Waals surface area contributed by atoms with E-state index in [4.69, 9.17) is 5.11 Å². The van der Waals surface area contributed by atoms with Crippen LogP contribution < -0.4 is 16.0 Å². The van der Waals surface area contributed by atoms with E-state index in [1.165, 1.54) is 19.3 Å². The highest BCUT2D eigenvalue weighted by atomic mass is 16.4. The van der Waals surface area contributed by atoms with Crippen molar-refractivity contribution in [2.75, 3.05) is 6.54 Å².